The molecular weight excluding hydrogens is 427 g/mol. The van der Waals surface area contributed by atoms with Crippen LogP contribution in [0.15, 0.2) is 43.1 Å². The van der Waals surface area contributed by atoms with Crippen molar-refractivity contribution in [3.05, 3.63) is 54.5 Å². The molecule has 3 aromatic heterocycles. The number of carbonyl (C=O) groups excluding carboxylic acids is 1. The maximum absolute atomic E-state index is 13.5. The second-order valence-corrected chi connectivity index (χ2v) is 7.84. The molecule has 2 aliphatic rings. The van der Waals surface area contributed by atoms with E-state index in [1.807, 2.05) is 6.92 Å². The Bertz CT molecular complexity index is 1120. The number of ether oxygens (including phenoxy) is 1. The van der Waals surface area contributed by atoms with E-state index in [1.165, 1.54) is 23.4 Å². The second kappa shape index (κ2) is 7.53. The van der Waals surface area contributed by atoms with Crippen LogP contribution in [0.4, 0.5) is 13.2 Å². The number of carbonyl (C=O) groups is 1. The van der Waals surface area contributed by atoms with Gasteiger partial charge in [-0.15, -0.1) is 4.80 Å². The Balaban J connectivity index is 1.38. The molecule has 0 spiro atoms. The fourth-order valence-corrected chi connectivity index (χ4v) is 4.56. The number of aromatic nitrogens is 6. The molecule has 3 aromatic rings. The zero-order chi connectivity index (χ0) is 22.5. The Labute approximate surface area is 180 Å². The molecule has 1 amide bonds. The number of pyridine rings is 1. The van der Waals surface area contributed by atoms with Crippen LogP contribution in [-0.4, -0.2) is 58.9 Å². The van der Waals surface area contributed by atoms with Crippen molar-refractivity contribution in [1.82, 2.24) is 34.8 Å². The maximum Gasteiger partial charge on any atom is 0.434 e. The summed E-state index contributed by atoms with van der Waals surface area (Å²) in [5.41, 5.74) is -0.405. The van der Waals surface area contributed by atoms with Gasteiger partial charge in [0, 0.05) is 12.2 Å². The minimum Gasteiger partial charge on any atom is -0.471 e. The van der Waals surface area contributed by atoms with Gasteiger partial charge in [0.25, 0.3) is 5.91 Å². The van der Waals surface area contributed by atoms with Crippen LogP contribution < -0.4 is 4.74 Å². The summed E-state index contributed by atoms with van der Waals surface area (Å²) in [6.07, 6.45) is 2.60. The minimum absolute atomic E-state index is 0.00475. The van der Waals surface area contributed by atoms with Gasteiger partial charge in [-0.1, -0.05) is 0 Å². The number of nitrogens with zero attached hydrogens (tertiary/aromatic N) is 7. The molecular formula is C20H18F3N7O2. The molecule has 0 radical (unpaired) electrons. The number of likely N-dealkylation sites (tertiary alicyclic amines) is 1. The predicted octanol–water partition coefficient (Wildman–Crippen LogP) is 2.54. The molecule has 12 heteroatoms. The minimum atomic E-state index is -4.57. The zero-order valence-corrected chi connectivity index (χ0v) is 16.8. The van der Waals surface area contributed by atoms with E-state index in [1.54, 1.807) is 17.0 Å². The average molecular weight is 445 g/mol. The van der Waals surface area contributed by atoms with Crippen molar-refractivity contribution in [2.45, 2.75) is 44.1 Å². The molecule has 1 saturated heterocycles. The van der Waals surface area contributed by atoms with E-state index < -0.39 is 18.0 Å². The Morgan fingerprint density at radius 2 is 1.88 bits per heavy atom. The van der Waals surface area contributed by atoms with Crippen LogP contribution in [0.3, 0.4) is 0 Å². The number of alkyl halides is 3. The Morgan fingerprint density at radius 3 is 2.53 bits per heavy atom. The van der Waals surface area contributed by atoms with Crippen molar-refractivity contribution in [2.75, 3.05) is 0 Å². The molecule has 4 heterocycles. The first-order chi connectivity index (χ1) is 15.3. The van der Waals surface area contributed by atoms with E-state index in [0.717, 1.165) is 12.6 Å². The van der Waals surface area contributed by atoms with Crippen LogP contribution in [-0.2, 0) is 6.18 Å². The van der Waals surface area contributed by atoms with Gasteiger partial charge in [-0.25, -0.2) is 15.0 Å². The third-order valence-electron chi connectivity index (χ3n) is 6.04. The van der Waals surface area contributed by atoms with Gasteiger partial charge in [0.1, 0.15) is 11.8 Å². The van der Waals surface area contributed by atoms with Crippen molar-refractivity contribution in [3.8, 4) is 11.6 Å². The van der Waals surface area contributed by atoms with Crippen molar-refractivity contribution in [1.29, 1.82) is 0 Å². The summed E-state index contributed by atoms with van der Waals surface area (Å²) in [4.78, 5) is 28.0. The first-order valence-corrected chi connectivity index (χ1v) is 10.0. The standard InChI is InChI=1S/C20H18F3N7O2/c1-11-12-7-14(15(8-12)32-17-10-25-16(9-26-17)20(21,22)23)29(11)19(31)18-13(3-2-4-24-18)30-27-5-6-28-30/h2-6,9-12,14-15H,7-8H2,1H3. The van der Waals surface area contributed by atoms with Gasteiger partial charge in [0.2, 0.25) is 5.88 Å². The first-order valence-electron chi connectivity index (χ1n) is 10.0. The molecule has 9 nitrogen and oxygen atoms in total. The third-order valence-corrected chi connectivity index (χ3v) is 6.04. The number of hydrogen-bond acceptors (Lipinski definition) is 7. The van der Waals surface area contributed by atoms with Gasteiger partial charge in [-0.05, 0) is 37.8 Å². The fourth-order valence-electron chi connectivity index (χ4n) is 4.56. The summed E-state index contributed by atoms with van der Waals surface area (Å²) >= 11 is 0. The zero-order valence-electron chi connectivity index (χ0n) is 16.8. The smallest absolute Gasteiger partial charge is 0.434 e. The van der Waals surface area contributed by atoms with Crippen LogP contribution in [0.1, 0.15) is 35.9 Å². The highest BCUT2D eigenvalue weighted by molar-refractivity contribution is 5.96. The number of hydrogen-bond donors (Lipinski definition) is 0. The lowest BCUT2D eigenvalue weighted by molar-refractivity contribution is -0.141. The van der Waals surface area contributed by atoms with E-state index in [2.05, 4.69) is 25.1 Å². The van der Waals surface area contributed by atoms with Gasteiger partial charge in [0.15, 0.2) is 11.4 Å². The van der Waals surface area contributed by atoms with Crippen LogP contribution in [0, 0.1) is 5.92 Å². The SMILES string of the molecule is CC1C2CC(Oc3cnc(C(F)(F)F)cn3)C(C2)N1C(=O)c1ncccc1-n1nccn1. The average Bonchev–Trinajstić information content (AvgIpc) is 3.50. The van der Waals surface area contributed by atoms with Gasteiger partial charge in [0.05, 0.1) is 30.8 Å². The summed E-state index contributed by atoms with van der Waals surface area (Å²) in [6, 6.07) is 3.12. The molecule has 5 rings (SSSR count). The summed E-state index contributed by atoms with van der Waals surface area (Å²) in [6.45, 7) is 1.98. The molecule has 4 atom stereocenters. The normalized spacial score (nSPS) is 24.7. The van der Waals surface area contributed by atoms with Crippen LogP contribution in [0.5, 0.6) is 5.88 Å². The highest BCUT2D eigenvalue weighted by atomic mass is 19.4. The van der Waals surface area contributed by atoms with E-state index in [9.17, 15) is 18.0 Å². The highest BCUT2D eigenvalue weighted by Crippen LogP contribution is 2.44. The first kappa shape index (κ1) is 20.3. The Morgan fingerprint density at radius 1 is 1.09 bits per heavy atom. The topological polar surface area (TPSA) is 98.9 Å². The molecule has 1 saturated carbocycles. The number of halogens is 3. The Hall–Kier alpha value is -3.57. The highest BCUT2D eigenvalue weighted by Gasteiger charge is 2.53. The number of fused-ring (bicyclic) bond motifs is 2. The quantitative estimate of drug-likeness (QED) is 0.609. The largest absolute Gasteiger partial charge is 0.471 e. The third kappa shape index (κ3) is 3.45. The summed E-state index contributed by atoms with van der Waals surface area (Å²) < 4.78 is 44.0. The molecule has 1 aliphatic carbocycles. The molecule has 0 aromatic carbocycles. The van der Waals surface area contributed by atoms with Crippen LogP contribution >= 0.6 is 0 Å². The molecule has 4 unspecified atom stereocenters. The van der Waals surface area contributed by atoms with E-state index in [-0.39, 0.29) is 35.5 Å². The molecule has 1 aliphatic heterocycles. The van der Waals surface area contributed by atoms with Crippen molar-refractivity contribution >= 4 is 5.91 Å². The van der Waals surface area contributed by atoms with E-state index in [4.69, 9.17) is 4.74 Å². The molecule has 2 bridgehead atoms. The predicted molar refractivity (Wildman–Crippen MR) is 103 cm³/mol. The number of rotatable bonds is 4. The molecule has 32 heavy (non-hydrogen) atoms. The van der Waals surface area contributed by atoms with Gasteiger partial charge >= 0.3 is 6.18 Å². The lowest BCUT2D eigenvalue weighted by Crippen LogP contribution is -2.51. The maximum atomic E-state index is 13.5. The Kier molecular flexibility index (Phi) is 4.79. The van der Waals surface area contributed by atoms with E-state index in [0.29, 0.717) is 18.3 Å². The van der Waals surface area contributed by atoms with Crippen molar-refractivity contribution < 1.29 is 22.7 Å². The van der Waals surface area contributed by atoms with E-state index >= 15 is 0 Å². The van der Waals surface area contributed by atoms with Gasteiger partial charge < -0.3 is 9.64 Å². The monoisotopic (exact) mass is 445 g/mol. The van der Waals surface area contributed by atoms with Crippen LogP contribution in [0.2, 0.25) is 0 Å². The summed E-state index contributed by atoms with van der Waals surface area (Å²) in [5, 5.41) is 8.19. The second-order valence-electron chi connectivity index (χ2n) is 7.84. The number of piperidine rings is 1. The molecule has 166 valence electrons. The van der Waals surface area contributed by atoms with Gasteiger partial charge in [-0.3, -0.25) is 4.79 Å². The van der Waals surface area contributed by atoms with Crippen LogP contribution in [0.25, 0.3) is 5.69 Å². The number of amides is 1. The molecule has 2 fully saturated rings. The van der Waals surface area contributed by atoms with Gasteiger partial charge in [-0.2, -0.15) is 23.4 Å². The fraction of sp³-hybridized carbons (Fsp3) is 0.400. The summed E-state index contributed by atoms with van der Waals surface area (Å²) in [5.74, 6) is -0.0779. The van der Waals surface area contributed by atoms with Crippen molar-refractivity contribution in [2.24, 2.45) is 5.92 Å². The summed E-state index contributed by atoms with van der Waals surface area (Å²) in [7, 11) is 0. The van der Waals surface area contributed by atoms with Crippen molar-refractivity contribution in [3.63, 3.8) is 0 Å². The lowest BCUT2D eigenvalue weighted by atomic mass is 9.98. The molecule has 0 N–H and O–H groups in total. The lowest BCUT2D eigenvalue weighted by Gasteiger charge is -2.37.